The van der Waals surface area contributed by atoms with Gasteiger partial charge in [0.2, 0.25) is 5.91 Å². The minimum Gasteiger partial charge on any atom is -0.496 e. The number of rotatable bonds is 8. The maximum atomic E-state index is 12.4. The first-order valence-electron chi connectivity index (χ1n) is 9.33. The molecule has 0 saturated carbocycles. The van der Waals surface area contributed by atoms with E-state index in [4.69, 9.17) is 9.47 Å². The van der Waals surface area contributed by atoms with Crippen LogP contribution in [0, 0.1) is 0 Å². The molecular weight excluding hydrogens is 358 g/mol. The number of hydrogen-bond acceptors (Lipinski definition) is 4. The van der Waals surface area contributed by atoms with Gasteiger partial charge in [-0.2, -0.15) is 0 Å². The van der Waals surface area contributed by atoms with Crippen LogP contribution in [0.15, 0.2) is 54.6 Å². The summed E-state index contributed by atoms with van der Waals surface area (Å²) in [5.74, 6) is 2.27. The van der Waals surface area contributed by atoms with Gasteiger partial charge >= 0.3 is 0 Å². The summed E-state index contributed by atoms with van der Waals surface area (Å²) in [7, 11) is 1.70. The number of ether oxygens (including phenoxy) is 2. The van der Waals surface area contributed by atoms with Crippen LogP contribution in [-0.4, -0.2) is 38.5 Å². The zero-order chi connectivity index (χ0) is 19.0. The number of amides is 1. The lowest BCUT2D eigenvalue weighted by Crippen LogP contribution is -2.45. The molecule has 0 aliphatic carbocycles. The van der Waals surface area contributed by atoms with E-state index in [0.717, 1.165) is 29.9 Å². The van der Waals surface area contributed by atoms with Crippen LogP contribution in [0.3, 0.4) is 0 Å². The first-order chi connectivity index (χ1) is 13.2. The molecule has 0 aromatic heterocycles. The second-order valence-corrected chi connectivity index (χ2v) is 7.83. The fourth-order valence-corrected chi connectivity index (χ4v) is 4.36. The van der Waals surface area contributed by atoms with Gasteiger partial charge in [0.15, 0.2) is 0 Å². The molecule has 4 nitrogen and oxygen atoms in total. The number of benzene rings is 2. The molecule has 0 radical (unpaired) electrons. The van der Waals surface area contributed by atoms with Crippen molar-refractivity contribution in [1.82, 2.24) is 5.32 Å². The van der Waals surface area contributed by atoms with E-state index >= 15 is 0 Å². The van der Waals surface area contributed by atoms with Crippen LogP contribution in [-0.2, 0) is 20.7 Å². The Kier molecular flexibility index (Phi) is 7.18. The van der Waals surface area contributed by atoms with Crippen molar-refractivity contribution in [2.24, 2.45) is 0 Å². The normalized spacial score (nSPS) is 15.9. The maximum absolute atomic E-state index is 12.4. The molecule has 0 bridgehead atoms. The number of carbonyl (C=O) groups is 1. The summed E-state index contributed by atoms with van der Waals surface area (Å²) in [6.45, 7) is 2.02. The highest BCUT2D eigenvalue weighted by Crippen LogP contribution is 2.39. The van der Waals surface area contributed by atoms with Gasteiger partial charge in [0.05, 0.1) is 12.9 Å². The van der Waals surface area contributed by atoms with E-state index in [9.17, 15) is 4.79 Å². The number of hydrogen-bond donors (Lipinski definition) is 1. The van der Waals surface area contributed by atoms with Crippen LogP contribution in [0.4, 0.5) is 0 Å². The van der Waals surface area contributed by atoms with Gasteiger partial charge < -0.3 is 14.8 Å². The molecule has 144 valence electrons. The Morgan fingerprint density at radius 1 is 1.11 bits per heavy atom. The Bertz CT molecular complexity index is 729. The van der Waals surface area contributed by atoms with Crippen molar-refractivity contribution in [3.63, 3.8) is 0 Å². The van der Waals surface area contributed by atoms with Gasteiger partial charge in [-0.25, -0.2) is 0 Å². The molecule has 27 heavy (non-hydrogen) atoms. The first kappa shape index (κ1) is 19.8. The molecule has 1 aliphatic rings. The van der Waals surface area contributed by atoms with Gasteiger partial charge in [-0.05, 0) is 24.5 Å². The Labute approximate surface area is 165 Å². The Morgan fingerprint density at radius 2 is 1.81 bits per heavy atom. The average molecular weight is 386 g/mol. The summed E-state index contributed by atoms with van der Waals surface area (Å²) in [6.07, 6.45) is 1.76. The molecule has 5 heteroatoms. The van der Waals surface area contributed by atoms with E-state index in [1.807, 2.05) is 36.4 Å². The summed E-state index contributed by atoms with van der Waals surface area (Å²) < 4.78 is 11.2. The highest BCUT2D eigenvalue weighted by atomic mass is 32.2. The van der Waals surface area contributed by atoms with Gasteiger partial charge in [0.25, 0.3) is 0 Å². The third-order valence-corrected chi connectivity index (χ3v) is 6.10. The molecule has 1 amide bonds. The van der Waals surface area contributed by atoms with E-state index in [1.54, 1.807) is 18.9 Å². The van der Waals surface area contributed by atoms with Crippen molar-refractivity contribution in [3.05, 3.63) is 65.7 Å². The SMILES string of the molecule is COc1ccccc1C1(CNC(=O)CSCc2ccccc2)CCOCC1. The smallest absolute Gasteiger partial charge is 0.230 e. The first-order valence-corrected chi connectivity index (χ1v) is 10.5. The molecule has 2 aromatic rings. The fraction of sp³-hybridized carbons (Fsp3) is 0.409. The van der Waals surface area contributed by atoms with E-state index in [2.05, 4.69) is 23.5 Å². The molecule has 1 aliphatic heterocycles. The molecule has 2 aromatic carbocycles. The maximum Gasteiger partial charge on any atom is 0.230 e. The summed E-state index contributed by atoms with van der Waals surface area (Å²) in [6, 6.07) is 18.3. The van der Waals surface area contributed by atoms with E-state index < -0.39 is 0 Å². The van der Waals surface area contributed by atoms with Crippen LogP contribution in [0.2, 0.25) is 0 Å². The van der Waals surface area contributed by atoms with Crippen LogP contribution in [0.5, 0.6) is 5.75 Å². The van der Waals surface area contributed by atoms with Crippen molar-refractivity contribution in [1.29, 1.82) is 0 Å². The summed E-state index contributed by atoms with van der Waals surface area (Å²) >= 11 is 1.64. The predicted octanol–water partition coefficient (Wildman–Crippen LogP) is 3.79. The number of carbonyl (C=O) groups excluding carboxylic acids is 1. The Balaban J connectivity index is 1.59. The summed E-state index contributed by atoms with van der Waals surface area (Å²) in [5, 5.41) is 3.16. The van der Waals surface area contributed by atoms with Crippen molar-refractivity contribution < 1.29 is 14.3 Å². The summed E-state index contributed by atoms with van der Waals surface area (Å²) in [4.78, 5) is 12.4. The fourth-order valence-electron chi connectivity index (χ4n) is 3.54. The number of para-hydroxylation sites is 1. The monoisotopic (exact) mass is 385 g/mol. The molecule has 0 spiro atoms. The quantitative estimate of drug-likeness (QED) is 0.751. The number of methoxy groups -OCH3 is 1. The highest BCUT2D eigenvalue weighted by Gasteiger charge is 2.37. The third kappa shape index (κ3) is 5.27. The molecule has 0 unspecified atom stereocenters. The highest BCUT2D eigenvalue weighted by molar-refractivity contribution is 7.99. The number of nitrogens with one attached hydrogen (secondary N) is 1. The minimum atomic E-state index is -0.134. The lowest BCUT2D eigenvalue weighted by Gasteiger charge is -2.38. The minimum absolute atomic E-state index is 0.0803. The van der Waals surface area contributed by atoms with E-state index in [-0.39, 0.29) is 11.3 Å². The van der Waals surface area contributed by atoms with Crippen molar-refractivity contribution >= 4 is 17.7 Å². The largest absolute Gasteiger partial charge is 0.496 e. The Hall–Kier alpha value is -1.98. The number of thioether (sulfide) groups is 1. The average Bonchev–Trinajstić information content (AvgIpc) is 2.74. The van der Waals surface area contributed by atoms with Crippen LogP contribution in [0.25, 0.3) is 0 Å². The Morgan fingerprint density at radius 3 is 2.56 bits per heavy atom. The van der Waals surface area contributed by atoms with Crippen molar-refractivity contribution in [3.8, 4) is 5.75 Å². The second-order valence-electron chi connectivity index (χ2n) is 6.85. The molecule has 1 saturated heterocycles. The van der Waals surface area contributed by atoms with Gasteiger partial charge in [0.1, 0.15) is 5.75 Å². The van der Waals surface area contributed by atoms with Crippen LogP contribution >= 0.6 is 11.8 Å². The molecule has 1 heterocycles. The van der Waals surface area contributed by atoms with E-state index in [0.29, 0.717) is 25.5 Å². The van der Waals surface area contributed by atoms with Crippen molar-refractivity contribution in [2.75, 3.05) is 32.6 Å². The third-order valence-electron chi connectivity index (χ3n) is 5.10. The van der Waals surface area contributed by atoms with E-state index in [1.165, 1.54) is 5.56 Å². The van der Waals surface area contributed by atoms with Gasteiger partial charge in [0, 0.05) is 36.5 Å². The van der Waals surface area contributed by atoms with Gasteiger partial charge in [-0.15, -0.1) is 11.8 Å². The molecule has 1 N–H and O–H groups in total. The zero-order valence-electron chi connectivity index (χ0n) is 15.8. The zero-order valence-corrected chi connectivity index (χ0v) is 16.6. The summed E-state index contributed by atoms with van der Waals surface area (Å²) in [5.41, 5.74) is 2.27. The standard InChI is InChI=1S/C22H27NO3S/c1-25-20-10-6-5-9-19(20)22(11-13-26-14-12-22)17-23-21(24)16-27-15-18-7-3-2-4-8-18/h2-10H,11-17H2,1H3,(H,23,24). The topological polar surface area (TPSA) is 47.6 Å². The van der Waals surface area contributed by atoms with Gasteiger partial charge in [-0.3, -0.25) is 4.79 Å². The van der Waals surface area contributed by atoms with Crippen LogP contribution < -0.4 is 10.1 Å². The molecule has 1 fully saturated rings. The van der Waals surface area contributed by atoms with Crippen LogP contribution in [0.1, 0.15) is 24.0 Å². The van der Waals surface area contributed by atoms with Crippen molar-refractivity contribution in [2.45, 2.75) is 24.0 Å². The lowest BCUT2D eigenvalue weighted by molar-refractivity contribution is -0.119. The predicted molar refractivity (Wildman–Crippen MR) is 110 cm³/mol. The lowest BCUT2D eigenvalue weighted by atomic mass is 9.73. The molecule has 0 atom stereocenters. The molecule has 3 rings (SSSR count). The molecular formula is C22H27NO3S. The van der Waals surface area contributed by atoms with Gasteiger partial charge in [-0.1, -0.05) is 48.5 Å². The second kappa shape index (κ2) is 9.81.